The molecule has 0 aromatic carbocycles. The van der Waals surface area contributed by atoms with Crippen molar-refractivity contribution in [2.45, 2.75) is 50.2 Å². The van der Waals surface area contributed by atoms with E-state index in [-0.39, 0.29) is 27.7 Å². The topological polar surface area (TPSA) is 124 Å². The number of hydrogen-bond acceptors (Lipinski definition) is 5. The third kappa shape index (κ3) is 3.62. The number of carbonyl (C=O) groups excluding carboxylic acids is 1. The Labute approximate surface area is 170 Å². The lowest BCUT2D eigenvalue weighted by atomic mass is 10.1. The molecule has 0 fully saturated rings. The van der Waals surface area contributed by atoms with Crippen molar-refractivity contribution in [1.82, 2.24) is 14.8 Å². The first kappa shape index (κ1) is 20.6. The fourth-order valence-corrected chi connectivity index (χ4v) is 4.68. The monoisotopic (exact) mass is 444 g/mol. The molecule has 2 aromatic rings. The van der Waals surface area contributed by atoms with E-state index in [4.69, 9.17) is 9.88 Å². The third-order valence-electron chi connectivity index (χ3n) is 5.01. The van der Waals surface area contributed by atoms with Gasteiger partial charge in [-0.2, -0.15) is 18.3 Å². The molecule has 13 heteroatoms. The minimum atomic E-state index is -4.67. The lowest BCUT2D eigenvalue weighted by molar-refractivity contribution is -0.141. The predicted molar refractivity (Wildman–Crippen MR) is 100 cm³/mol. The molecule has 2 aromatic heterocycles. The van der Waals surface area contributed by atoms with Crippen LogP contribution >= 0.6 is 0 Å². The molecule has 2 amide bonds. The van der Waals surface area contributed by atoms with Gasteiger partial charge in [0.25, 0.3) is 0 Å². The van der Waals surface area contributed by atoms with E-state index in [1.807, 2.05) is 0 Å². The number of hydrogen-bond donors (Lipinski definition) is 2. The first-order valence-electron chi connectivity index (χ1n) is 9.22. The SMILES string of the molecule is Cc1c(C(F)(F)F)nc2c(c1NC(=O)N=[S@](N)(=O)c1cnn3c1OCCC3)CCC2. The number of urea groups is 1. The summed E-state index contributed by atoms with van der Waals surface area (Å²) in [5.41, 5.74) is -0.482. The van der Waals surface area contributed by atoms with Crippen LogP contribution in [0, 0.1) is 6.92 Å². The number of nitrogens with zero attached hydrogens (tertiary/aromatic N) is 4. The molecule has 9 nitrogen and oxygen atoms in total. The van der Waals surface area contributed by atoms with Crippen LogP contribution in [-0.4, -0.2) is 31.6 Å². The van der Waals surface area contributed by atoms with Gasteiger partial charge in [-0.15, -0.1) is 4.36 Å². The standard InChI is InChI=1S/C17H19F3N6O3S/c1-9-13(10-4-2-5-11(10)23-14(9)17(18,19)20)24-16(27)25-30(21,28)12-8-22-26-6-3-7-29-15(12)26/h8H,2-7H2,1H3,(H3,21,23,24,25,27,28)/t30-/m0/s1. The zero-order chi connectivity index (χ0) is 21.7. The average Bonchev–Trinajstić information content (AvgIpc) is 3.29. The summed E-state index contributed by atoms with van der Waals surface area (Å²) in [6.07, 6.45) is -1.26. The van der Waals surface area contributed by atoms with E-state index in [0.717, 1.165) is 0 Å². The maximum absolute atomic E-state index is 13.4. The van der Waals surface area contributed by atoms with Crippen LogP contribution in [0.4, 0.5) is 23.7 Å². The normalized spacial score (nSPS) is 17.5. The highest BCUT2D eigenvalue weighted by atomic mass is 32.2. The second kappa shape index (κ2) is 7.23. The summed E-state index contributed by atoms with van der Waals surface area (Å²) in [4.78, 5) is 16.2. The first-order valence-corrected chi connectivity index (χ1v) is 10.8. The van der Waals surface area contributed by atoms with Gasteiger partial charge in [-0.25, -0.2) is 23.8 Å². The Morgan fingerprint density at radius 1 is 1.37 bits per heavy atom. The van der Waals surface area contributed by atoms with Gasteiger partial charge >= 0.3 is 12.2 Å². The lowest BCUT2D eigenvalue weighted by Gasteiger charge is -2.18. The van der Waals surface area contributed by atoms with Crippen molar-refractivity contribution in [3.8, 4) is 5.88 Å². The van der Waals surface area contributed by atoms with Crippen LogP contribution in [0.1, 0.15) is 35.4 Å². The Hall–Kier alpha value is -2.67. The van der Waals surface area contributed by atoms with Gasteiger partial charge in [0.1, 0.15) is 10.6 Å². The number of aryl methyl sites for hydroxylation is 2. The zero-order valence-corrected chi connectivity index (χ0v) is 16.8. The number of nitrogens with two attached hydrogens (primary N) is 1. The van der Waals surface area contributed by atoms with Gasteiger partial charge in [-0.3, -0.25) is 0 Å². The van der Waals surface area contributed by atoms with Crippen molar-refractivity contribution in [3.05, 3.63) is 28.7 Å². The summed E-state index contributed by atoms with van der Waals surface area (Å²) in [6.45, 7) is 2.15. The number of ether oxygens (including phenoxy) is 1. The number of carbonyl (C=O) groups is 1. The summed E-state index contributed by atoms with van der Waals surface area (Å²) >= 11 is 0. The quantitative estimate of drug-likeness (QED) is 0.737. The van der Waals surface area contributed by atoms with E-state index < -0.39 is 27.8 Å². The second-order valence-electron chi connectivity index (χ2n) is 7.07. The van der Waals surface area contributed by atoms with E-state index >= 15 is 0 Å². The average molecular weight is 444 g/mol. The highest BCUT2D eigenvalue weighted by Crippen LogP contribution is 2.39. The number of pyridine rings is 1. The number of nitrogens with one attached hydrogen (secondary N) is 1. The molecule has 0 unspecified atom stereocenters. The van der Waals surface area contributed by atoms with Crippen molar-refractivity contribution in [2.24, 2.45) is 9.50 Å². The molecule has 2 aliphatic rings. The van der Waals surface area contributed by atoms with E-state index in [2.05, 4.69) is 19.8 Å². The molecular formula is C17H19F3N6O3S. The van der Waals surface area contributed by atoms with E-state index in [1.165, 1.54) is 17.8 Å². The lowest BCUT2D eigenvalue weighted by Crippen LogP contribution is -2.22. The summed E-state index contributed by atoms with van der Waals surface area (Å²) in [5, 5.41) is 12.2. The fourth-order valence-electron chi connectivity index (χ4n) is 3.68. The molecule has 30 heavy (non-hydrogen) atoms. The summed E-state index contributed by atoms with van der Waals surface area (Å²) in [7, 11) is -3.73. The molecule has 3 N–H and O–H groups in total. The van der Waals surface area contributed by atoms with E-state index in [0.29, 0.717) is 44.4 Å². The minimum absolute atomic E-state index is 0.0120. The Balaban J connectivity index is 1.70. The Kier molecular flexibility index (Phi) is 4.97. The van der Waals surface area contributed by atoms with Gasteiger partial charge in [-0.1, -0.05) is 0 Å². The molecule has 0 bridgehead atoms. The van der Waals surface area contributed by atoms with Crippen LogP contribution in [0.15, 0.2) is 15.5 Å². The first-order chi connectivity index (χ1) is 14.1. The predicted octanol–water partition coefficient (Wildman–Crippen LogP) is 2.81. The number of anilines is 1. The largest absolute Gasteiger partial charge is 0.477 e. The Bertz CT molecular complexity index is 1150. The Morgan fingerprint density at radius 2 is 2.13 bits per heavy atom. The van der Waals surface area contributed by atoms with Gasteiger partial charge in [0, 0.05) is 24.2 Å². The highest BCUT2D eigenvalue weighted by molar-refractivity contribution is 7.91. The summed E-state index contributed by atoms with van der Waals surface area (Å²) in [6, 6.07) is -1.12. The van der Waals surface area contributed by atoms with Crippen molar-refractivity contribution in [1.29, 1.82) is 0 Å². The van der Waals surface area contributed by atoms with Crippen molar-refractivity contribution >= 4 is 21.6 Å². The third-order valence-corrected chi connectivity index (χ3v) is 6.36. The van der Waals surface area contributed by atoms with Gasteiger partial charge in [0.2, 0.25) is 5.88 Å². The molecule has 162 valence electrons. The minimum Gasteiger partial charge on any atom is -0.477 e. The van der Waals surface area contributed by atoms with E-state index in [1.54, 1.807) is 0 Å². The van der Waals surface area contributed by atoms with Crippen molar-refractivity contribution < 1.29 is 26.9 Å². The van der Waals surface area contributed by atoms with Gasteiger partial charge < -0.3 is 10.1 Å². The van der Waals surface area contributed by atoms with Gasteiger partial charge in [-0.05, 0) is 31.7 Å². The number of fused-ring (bicyclic) bond motifs is 2. The molecule has 0 saturated carbocycles. The van der Waals surface area contributed by atoms with Crippen LogP contribution in [0.2, 0.25) is 0 Å². The van der Waals surface area contributed by atoms with Crippen LogP contribution in [0.25, 0.3) is 0 Å². The van der Waals surface area contributed by atoms with Crippen molar-refractivity contribution in [2.75, 3.05) is 11.9 Å². The molecular weight excluding hydrogens is 425 g/mol. The number of aromatic nitrogens is 3. The van der Waals surface area contributed by atoms with Gasteiger partial charge in [0.05, 0.1) is 18.5 Å². The maximum atomic E-state index is 13.4. The molecule has 0 saturated heterocycles. The smallest absolute Gasteiger partial charge is 0.433 e. The molecule has 1 aliphatic carbocycles. The number of amides is 2. The molecule has 0 spiro atoms. The molecule has 4 rings (SSSR count). The van der Waals surface area contributed by atoms with E-state index in [9.17, 15) is 22.2 Å². The molecule has 1 atom stereocenters. The molecule has 3 heterocycles. The molecule has 0 radical (unpaired) electrons. The molecule has 1 aliphatic heterocycles. The zero-order valence-electron chi connectivity index (χ0n) is 16.0. The van der Waals surface area contributed by atoms with Gasteiger partial charge in [0.15, 0.2) is 9.92 Å². The highest BCUT2D eigenvalue weighted by Gasteiger charge is 2.38. The summed E-state index contributed by atoms with van der Waals surface area (Å²) in [5.74, 6) is 0.172. The van der Waals surface area contributed by atoms with Crippen LogP contribution < -0.4 is 15.2 Å². The number of halogens is 3. The van der Waals surface area contributed by atoms with Crippen molar-refractivity contribution in [3.63, 3.8) is 0 Å². The van der Waals surface area contributed by atoms with Crippen LogP contribution in [0.5, 0.6) is 5.88 Å². The fraction of sp³-hybridized carbons (Fsp3) is 0.471. The van der Waals surface area contributed by atoms with Crippen LogP contribution in [-0.2, 0) is 35.5 Å². The Morgan fingerprint density at radius 3 is 2.87 bits per heavy atom. The summed E-state index contributed by atoms with van der Waals surface area (Å²) < 4.78 is 63.4. The van der Waals surface area contributed by atoms with Crippen LogP contribution in [0.3, 0.4) is 0 Å². The number of alkyl halides is 3. The maximum Gasteiger partial charge on any atom is 0.433 e. The number of rotatable bonds is 2. The second-order valence-corrected chi connectivity index (χ2v) is 8.83.